The number of hydrogen-bond acceptors (Lipinski definition) is 3. The van der Waals surface area contributed by atoms with E-state index < -0.39 is 0 Å². The predicted molar refractivity (Wildman–Crippen MR) is 80.0 cm³/mol. The molecule has 0 bridgehead atoms. The Morgan fingerprint density at radius 2 is 2.24 bits per heavy atom. The van der Waals surface area contributed by atoms with Crippen molar-refractivity contribution in [2.45, 2.75) is 13.4 Å². The summed E-state index contributed by atoms with van der Waals surface area (Å²) in [5, 5.41) is 9.20. The summed E-state index contributed by atoms with van der Waals surface area (Å²) in [5.41, 5.74) is 2.82. The second kappa shape index (κ2) is 5.32. The van der Waals surface area contributed by atoms with Gasteiger partial charge < -0.3 is 9.39 Å². The molecule has 1 heterocycles. The van der Waals surface area contributed by atoms with E-state index in [1.165, 1.54) is 0 Å². The highest BCUT2D eigenvalue weighted by Gasteiger charge is 2.23. The Hall–Kier alpha value is -2.76. The average molecular weight is 274 g/mol. The maximum atomic E-state index is 9.20. The largest absolute Gasteiger partial charge is 0.457 e. The van der Waals surface area contributed by atoms with Gasteiger partial charge in [-0.1, -0.05) is 25.0 Å². The van der Waals surface area contributed by atoms with Crippen LogP contribution in [0, 0.1) is 17.9 Å². The van der Waals surface area contributed by atoms with Crippen LogP contribution in [0.1, 0.15) is 11.1 Å². The maximum absolute atomic E-state index is 9.20. The van der Waals surface area contributed by atoms with E-state index in [0.717, 1.165) is 11.0 Å². The molecular weight excluding hydrogens is 263 g/mol. The lowest BCUT2D eigenvalue weighted by Crippen LogP contribution is -2.23. The number of fused-ring (bicyclic) bond motifs is 1. The maximum Gasteiger partial charge on any atom is 0.324 e. The highest BCUT2D eigenvalue weighted by Crippen LogP contribution is 2.32. The predicted octanol–water partition coefficient (Wildman–Crippen LogP) is 3.26. The van der Waals surface area contributed by atoms with Crippen LogP contribution in [-0.2, 0) is 11.3 Å². The fourth-order valence-corrected chi connectivity index (χ4v) is 2.41. The fraction of sp³-hybridized carbons (Fsp3) is 0.125. The molecule has 0 N–H and O–H groups in total. The van der Waals surface area contributed by atoms with Crippen LogP contribution < -0.4 is 10.2 Å². The third kappa shape index (κ3) is 2.36. The summed E-state index contributed by atoms with van der Waals surface area (Å²) in [4.78, 5) is 3.34. The molecule has 0 radical (unpaired) electrons. The summed E-state index contributed by atoms with van der Waals surface area (Å²) in [6, 6.07) is 12.8. The van der Waals surface area contributed by atoms with Gasteiger partial charge in [-0.15, -0.1) is 0 Å². The molecule has 0 aromatic heterocycles. The summed E-state index contributed by atoms with van der Waals surface area (Å²) < 4.78 is 11.3. The van der Waals surface area contributed by atoms with E-state index in [0.29, 0.717) is 23.8 Å². The van der Waals surface area contributed by atoms with Gasteiger partial charge in [0.05, 0.1) is 19.2 Å². The van der Waals surface area contributed by atoms with E-state index in [-0.39, 0.29) is 12.5 Å². The molecule has 2 aromatic rings. The number of ether oxygens (including phenoxy) is 1. The molecule has 1 aliphatic rings. The molecule has 21 heavy (non-hydrogen) atoms. The lowest BCUT2D eigenvalue weighted by atomic mass is 9.64. The zero-order chi connectivity index (χ0) is 14.8. The van der Waals surface area contributed by atoms with Crippen molar-refractivity contribution in [3.05, 3.63) is 58.9 Å². The summed E-state index contributed by atoms with van der Waals surface area (Å²) >= 11 is 0. The molecule has 1 aliphatic heterocycles. The average Bonchev–Trinajstić information content (AvgIpc) is 2.88. The molecule has 3 rings (SSSR count). The van der Waals surface area contributed by atoms with Crippen molar-refractivity contribution in [3.8, 4) is 17.6 Å². The Bertz CT molecular complexity index is 790. The summed E-state index contributed by atoms with van der Waals surface area (Å²) in [7, 11) is 0. The van der Waals surface area contributed by atoms with Crippen LogP contribution in [0.2, 0.25) is 6.82 Å². The molecule has 0 aliphatic carbocycles. The van der Waals surface area contributed by atoms with Gasteiger partial charge in [0.1, 0.15) is 17.1 Å². The van der Waals surface area contributed by atoms with Gasteiger partial charge in [0, 0.05) is 0 Å². The van der Waals surface area contributed by atoms with Crippen molar-refractivity contribution in [1.82, 2.24) is 0 Å². The fourth-order valence-electron chi connectivity index (χ4n) is 2.41. The third-order valence-electron chi connectivity index (χ3n) is 3.51. The molecule has 0 saturated heterocycles. The number of rotatable bonds is 2. The van der Waals surface area contributed by atoms with Crippen molar-refractivity contribution in [2.75, 3.05) is 0 Å². The summed E-state index contributed by atoms with van der Waals surface area (Å²) in [6.45, 7) is 9.78. The van der Waals surface area contributed by atoms with Crippen molar-refractivity contribution < 1.29 is 9.39 Å². The first-order valence-corrected chi connectivity index (χ1v) is 6.56. The topological polar surface area (TPSA) is 46.6 Å². The monoisotopic (exact) mass is 274 g/mol. The molecule has 0 spiro atoms. The smallest absolute Gasteiger partial charge is 0.324 e. The summed E-state index contributed by atoms with van der Waals surface area (Å²) in [6.07, 6.45) is 0. The van der Waals surface area contributed by atoms with Gasteiger partial charge in [-0.25, -0.2) is 4.85 Å². The van der Waals surface area contributed by atoms with Crippen LogP contribution in [0.5, 0.6) is 11.5 Å². The molecule has 100 valence electrons. The number of nitrogens with zero attached hydrogens (tertiary/aromatic N) is 2. The van der Waals surface area contributed by atoms with E-state index in [1.807, 2.05) is 31.1 Å². The first-order valence-electron chi connectivity index (χ1n) is 6.56. The minimum Gasteiger partial charge on any atom is -0.457 e. The van der Waals surface area contributed by atoms with Gasteiger partial charge in [0.2, 0.25) is 5.69 Å². The van der Waals surface area contributed by atoms with Crippen molar-refractivity contribution in [2.24, 2.45) is 0 Å². The van der Waals surface area contributed by atoms with Gasteiger partial charge in [0.15, 0.2) is 0 Å². The van der Waals surface area contributed by atoms with Gasteiger partial charge in [-0.05, 0) is 29.2 Å². The minimum absolute atomic E-state index is 0.106. The van der Waals surface area contributed by atoms with E-state index in [2.05, 4.69) is 4.85 Å². The normalized spacial score (nSPS) is 12.4. The Morgan fingerprint density at radius 3 is 3.00 bits per heavy atom. The zero-order valence-electron chi connectivity index (χ0n) is 11.5. The van der Waals surface area contributed by atoms with Crippen LogP contribution in [-0.4, -0.2) is 6.92 Å². The second-order valence-electron chi connectivity index (χ2n) is 4.79. The standard InChI is InChI=1S/C16H11BN2O2/c1-17-14-7-6-12(8-11(14)10-20-17)21-16-5-3-4-15(19-2)13(16)9-18/h3-8H,10H2,1H3. The molecule has 0 atom stereocenters. The number of benzene rings is 2. The number of nitriles is 1. The van der Waals surface area contributed by atoms with Crippen LogP contribution in [0.4, 0.5) is 5.69 Å². The molecule has 0 unspecified atom stereocenters. The molecule has 0 amide bonds. The lowest BCUT2D eigenvalue weighted by molar-refractivity contribution is 0.333. The van der Waals surface area contributed by atoms with Gasteiger partial charge in [0.25, 0.3) is 0 Å². The first-order chi connectivity index (χ1) is 10.2. The quantitative estimate of drug-likeness (QED) is 0.623. The molecule has 2 aromatic carbocycles. The Morgan fingerprint density at radius 1 is 1.38 bits per heavy atom. The first kappa shape index (κ1) is 13.2. The molecule has 0 saturated carbocycles. The van der Waals surface area contributed by atoms with Crippen molar-refractivity contribution in [3.63, 3.8) is 0 Å². The molecular formula is C16H11BN2O2. The highest BCUT2D eigenvalue weighted by molar-refractivity contribution is 6.67. The minimum atomic E-state index is 0.106. The zero-order valence-corrected chi connectivity index (χ0v) is 11.5. The second-order valence-corrected chi connectivity index (χ2v) is 4.79. The number of hydrogen-bond donors (Lipinski definition) is 0. The van der Waals surface area contributed by atoms with E-state index >= 15 is 0 Å². The lowest BCUT2D eigenvalue weighted by Gasteiger charge is -2.09. The molecule has 5 heteroatoms. The SMILES string of the molecule is [C-]#[N+]c1cccc(Oc2ccc3c(c2)COB3C)c1C#N. The van der Waals surface area contributed by atoms with E-state index in [1.54, 1.807) is 18.2 Å². The van der Waals surface area contributed by atoms with E-state index in [4.69, 9.17) is 16.0 Å². The van der Waals surface area contributed by atoms with Gasteiger partial charge >= 0.3 is 6.92 Å². The summed E-state index contributed by atoms with van der Waals surface area (Å²) in [5.74, 6) is 1.04. The van der Waals surface area contributed by atoms with Gasteiger partial charge in [-0.2, -0.15) is 5.26 Å². The van der Waals surface area contributed by atoms with Crippen LogP contribution in [0.3, 0.4) is 0 Å². The van der Waals surface area contributed by atoms with Crippen LogP contribution in [0.15, 0.2) is 36.4 Å². The van der Waals surface area contributed by atoms with Crippen LogP contribution >= 0.6 is 0 Å². The van der Waals surface area contributed by atoms with Crippen molar-refractivity contribution >= 4 is 18.1 Å². The Balaban J connectivity index is 1.96. The third-order valence-corrected chi connectivity index (χ3v) is 3.51. The Kier molecular flexibility index (Phi) is 3.35. The molecule has 0 fully saturated rings. The molecule has 4 nitrogen and oxygen atoms in total. The van der Waals surface area contributed by atoms with E-state index in [9.17, 15) is 5.26 Å². The van der Waals surface area contributed by atoms with Crippen molar-refractivity contribution in [1.29, 1.82) is 5.26 Å². The Labute approximate surface area is 123 Å². The van der Waals surface area contributed by atoms with Gasteiger partial charge in [-0.3, -0.25) is 0 Å². The highest BCUT2D eigenvalue weighted by atomic mass is 16.5. The van der Waals surface area contributed by atoms with Crippen LogP contribution in [0.25, 0.3) is 4.85 Å².